The number of carbonyl (C=O) groups is 10. The largest absolute Gasteiger partial charge is 0.505 e. The zero-order valence-corrected chi connectivity index (χ0v) is 51.7. The molecule has 5 fully saturated rings. The number of hydrogen-bond acceptors (Lipinski definition) is 18. The molecule has 27 heteroatoms. The molecule has 25 nitrogen and oxygen atoms in total. The van der Waals surface area contributed by atoms with Gasteiger partial charge in [-0.2, -0.15) is 11.8 Å². The number of nitrogens with one attached hydrogen (secondary N) is 3. The number of carbonyl (C=O) groups excluding carboxylic acids is 9. The van der Waals surface area contributed by atoms with Crippen LogP contribution in [0.15, 0.2) is 91.1 Å². The van der Waals surface area contributed by atoms with Gasteiger partial charge in [0.25, 0.3) is 5.91 Å². The number of pyridine rings is 1. The molecule has 7 amide bonds. The number of benzene rings is 3. The number of Topliss-reactive ketones (excluding diaryl/α,β-unsaturated/α-hetero) is 1. The fraction of sp³-hybridized carbons (Fsp3) is 0.476. The normalized spacial score (nSPS) is 25.5. The predicted molar refractivity (Wildman–Crippen MR) is 327 cm³/mol. The van der Waals surface area contributed by atoms with Crippen LogP contribution < -0.4 is 31.5 Å². The van der Waals surface area contributed by atoms with Crippen molar-refractivity contribution in [2.75, 3.05) is 80.8 Å². The summed E-state index contributed by atoms with van der Waals surface area (Å²) < 4.78 is 30.6. The number of halogens is 1. The first-order chi connectivity index (χ1) is 43.0. The molecule has 7 N–H and O–H groups in total. The van der Waals surface area contributed by atoms with E-state index in [9.17, 15) is 57.8 Å². The van der Waals surface area contributed by atoms with Gasteiger partial charge in [-0.05, 0) is 81.5 Å². The molecule has 3 aromatic carbocycles. The highest BCUT2D eigenvalue weighted by atomic mass is 32.2. The Morgan fingerprint density at radius 3 is 2.27 bits per heavy atom. The van der Waals surface area contributed by atoms with Crippen LogP contribution in [0.2, 0.25) is 0 Å². The second-order valence-corrected chi connectivity index (χ2v) is 24.1. The summed E-state index contributed by atoms with van der Waals surface area (Å²) in [6.07, 6.45) is -1.15. The summed E-state index contributed by atoms with van der Waals surface area (Å²) in [6.45, 7) is 9.31. The van der Waals surface area contributed by atoms with Gasteiger partial charge in [-0.25, -0.2) is 19.0 Å². The number of nitrogens with zero attached hydrogens (tertiary/aromatic N) is 6. The molecule has 5 aliphatic heterocycles. The van der Waals surface area contributed by atoms with Crippen molar-refractivity contribution in [2.24, 2.45) is 11.7 Å². The zero-order chi connectivity index (χ0) is 65.0. The number of aromatic hydroxyl groups is 1. The van der Waals surface area contributed by atoms with E-state index in [1.807, 2.05) is 36.1 Å². The SMILES string of the molecule is CCC1(C)NC(=O)[C@@H](NC(=O)c2ncccc2O)[C@@H](C)OC(=O)[C@H](c2ccccc2)NC(=O)[C@@H]2CC(=O)C(CSCCC(=O)O)CN2C(=O)[C@H](Cc2ccc(C)cc2)N(C)C(=O)[C@@H]2CCCN2C1=O.NC[C@H]1CN(c2ccc(N3CCOCC3)c(F)c2)C(=O)O1. The van der Waals surface area contributed by atoms with Crippen LogP contribution in [-0.4, -0.2) is 202 Å². The Hall–Kier alpha value is -8.69. The van der Waals surface area contributed by atoms with E-state index in [1.165, 1.54) is 88.8 Å². The number of amides is 7. The number of hydrogen-bond donors (Lipinski definition) is 6. The fourth-order valence-electron chi connectivity index (χ4n) is 11.3. The van der Waals surface area contributed by atoms with Crippen LogP contribution in [0.25, 0.3) is 0 Å². The lowest BCUT2D eigenvalue weighted by molar-refractivity contribution is -0.157. The molecule has 6 heterocycles. The zero-order valence-electron chi connectivity index (χ0n) is 50.8. The van der Waals surface area contributed by atoms with Crippen LogP contribution in [0.5, 0.6) is 5.75 Å². The van der Waals surface area contributed by atoms with E-state index in [-0.39, 0.29) is 80.1 Å². The maximum absolute atomic E-state index is 15.4. The van der Waals surface area contributed by atoms with Crippen LogP contribution in [-0.2, 0) is 59.0 Å². The summed E-state index contributed by atoms with van der Waals surface area (Å²) >= 11 is 1.22. The maximum atomic E-state index is 15.4. The molecule has 90 heavy (non-hydrogen) atoms. The van der Waals surface area contributed by atoms with Gasteiger partial charge in [-0.15, -0.1) is 0 Å². The summed E-state index contributed by atoms with van der Waals surface area (Å²) in [7, 11) is 1.45. The number of rotatable bonds is 14. The number of ketones is 1. The highest BCUT2D eigenvalue weighted by molar-refractivity contribution is 7.99. The second-order valence-electron chi connectivity index (χ2n) is 23.0. The average molecular weight is 1270 g/mol. The molecule has 5 aliphatic rings. The Bertz CT molecular complexity index is 3310. The van der Waals surface area contributed by atoms with Gasteiger partial charge < -0.3 is 65.7 Å². The Morgan fingerprint density at radius 2 is 1.61 bits per heavy atom. The summed E-state index contributed by atoms with van der Waals surface area (Å²) in [6, 6.07) is 15.4. The van der Waals surface area contributed by atoms with E-state index in [1.54, 1.807) is 37.3 Å². The van der Waals surface area contributed by atoms with E-state index in [2.05, 4.69) is 20.9 Å². The third-order valence-corrected chi connectivity index (χ3v) is 17.9. The number of morpholine rings is 1. The van der Waals surface area contributed by atoms with Crippen molar-refractivity contribution in [3.8, 4) is 5.75 Å². The Morgan fingerprint density at radius 1 is 0.889 bits per heavy atom. The second kappa shape index (κ2) is 30.2. The van der Waals surface area contributed by atoms with Crippen molar-refractivity contribution < 1.29 is 76.8 Å². The first kappa shape index (κ1) is 67.2. The van der Waals surface area contributed by atoms with Gasteiger partial charge in [0.15, 0.2) is 11.7 Å². The Kier molecular flexibility index (Phi) is 22.6. The maximum Gasteiger partial charge on any atom is 0.414 e. The molecule has 5 saturated heterocycles. The van der Waals surface area contributed by atoms with Crippen LogP contribution in [0, 0.1) is 18.7 Å². The van der Waals surface area contributed by atoms with Gasteiger partial charge >= 0.3 is 18.0 Å². The van der Waals surface area contributed by atoms with Gasteiger partial charge in [0, 0.05) is 76.2 Å². The minimum atomic E-state index is -1.74. The number of fused-ring (bicyclic) bond motifs is 2. The molecule has 4 aromatic rings. The number of carboxylic acids is 1. The van der Waals surface area contributed by atoms with Crippen LogP contribution in [0.1, 0.15) is 86.1 Å². The van der Waals surface area contributed by atoms with Gasteiger partial charge in [0.2, 0.25) is 29.5 Å². The number of aromatic nitrogens is 1. The van der Waals surface area contributed by atoms with Crippen LogP contribution in [0.4, 0.5) is 20.6 Å². The van der Waals surface area contributed by atoms with Gasteiger partial charge in [-0.3, -0.25) is 43.3 Å². The first-order valence-electron chi connectivity index (χ1n) is 29.9. The van der Waals surface area contributed by atoms with Crippen molar-refractivity contribution >= 4 is 82.4 Å². The molecule has 1 aromatic heterocycles. The third-order valence-electron chi connectivity index (χ3n) is 16.8. The van der Waals surface area contributed by atoms with E-state index in [4.69, 9.17) is 19.9 Å². The van der Waals surface area contributed by atoms with Crippen molar-refractivity contribution in [3.05, 3.63) is 119 Å². The molecule has 0 spiro atoms. The quantitative estimate of drug-likeness (QED) is 0.0779. The average Bonchev–Trinajstić information content (AvgIpc) is 1.33. The highest BCUT2D eigenvalue weighted by Crippen LogP contribution is 2.32. The van der Waals surface area contributed by atoms with Crippen molar-refractivity contribution in [1.29, 1.82) is 0 Å². The molecule has 482 valence electrons. The molecule has 0 bridgehead atoms. The monoisotopic (exact) mass is 1260 g/mol. The lowest BCUT2D eigenvalue weighted by Gasteiger charge is -2.42. The van der Waals surface area contributed by atoms with Gasteiger partial charge in [0.05, 0.1) is 37.6 Å². The molecular weight excluding hydrogens is 1190 g/mol. The molecule has 0 saturated carbocycles. The lowest BCUT2D eigenvalue weighted by atomic mass is 9.90. The number of ether oxygens (including phenoxy) is 3. The van der Waals surface area contributed by atoms with Gasteiger partial charge in [-0.1, -0.05) is 67.1 Å². The number of anilines is 2. The van der Waals surface area contributed by atoms with E-state index < -0.39 is 119 Å². The summed E-state index contributed by atoms with van der Waals surface area (Å²) in [5.74, 6) is -8.64. The number of carboxylic acid groups (broad SMARTS) is 1. The number of cyclic esters (lactones) is 2. The number of nitrogens with two attached hydrogens (primary N) is 1. The summed E-state index contributed by atoms with van der Waals surface area (Å²) in [4.78, 5) is 151. The van der Waals surface area contributed by atoms with E-state index in [0.29, 0.717) is 56.2 Å². The van der Waals surface area contributed by atoms with Gasteiger partial charge in [0.1, 0.15) is 59.3 Å². The minimum absolute atomic E-state index is 0.00215. The molecular formula is C63H77FN10O15S. The minimum Gasteiger partial charge on any atom is -0.505 e. The Balaban J connectivity index is 0.000000416. The number of piperidine rings is 1. The standard InChI is InChI=1S/C49H59N7O12S.C14H18FN3O3/c1-6-49(4)48(67)55-22-11-14-33(55)45(64)54(5)35(24-30-18-16-28(2)17-19-30)46(65)56-26-32(27-69-23-20-38(59)60)37(58)25-34(56)42(61)52-40(31-12-8-7-9-13-31)47(66)68-29(3)39(44(63)53-49)51-43(62)41-36(57)15-10-21-50-41;15-12-7-10(18-9-11(8-16)21-14(18)19)1-2-13(12)17-3-5-20-6-4-17/h7-10,12-13,15-19,21,29,32-35,39-40,57H,6,11,14,20,22-27H2,1-5H3,(H,51,62)(H,52,61)(H,53,63)(H,59,60);1-2,7,11H,3-6,8-9,16H2/t29-,32?,33+,34+,35+,39+,40+,49?;11-/m10/s1. The van der Waals surface area contributed by atoms with Crippen molar-refractivity contribution in [2.45, 2.75) is 114 Å². The third kappa shape index (κ3) is 16.0. The van der Waals surface area contributed by atoms with Crippen molar-refractivity contribution in [3.63, 3.8) is 0 Å². The smallest absolute Gasteiger partial charge is 0.414 e. The number of aliphatic carboxylic acids is 1. The predicted octanol–water partition coefficient (Wildman–Crippen LogP) is 3.28. The summed E-state index contributed by atoms with van der Waals surface area (Å²) in [5.41, 5.74) is 6.20. The molecule has 2 unspecified atom stereocenters. The molecule has 9 atom stereocenters. The lowest BCUT2D eigenvalue weighted by Crippen LogP contribution is -2.65. The topological polar surface area (TPSA) is 330 Å². The Labute approximate surface area is 524 Å². The van der Waals surface area contributed by atoms with Crippen molar-refractivity contribution in [1.82, 2.24) is 35.6 Å². The highest BCUT2D eigenvalue weighted by Gasteiger charge is 2.49. The van der Waals surface area contributed by atoms with Crippen LogP contribution >= 0.6 is 11.8 Å². The molecule has 9 rings (SSSR count). The number of likely N-dealkylation sites (N-methyl/N-ethyl adjacent to an activating group) is 1. The number of esters is 1. The fourth-order valence-corrected chi connectivity index (χ4v) is 12.4. The molecule has 0 aliphatic carbocycles. The van der Waals surface area contributed by atoms with Crippen LogP contribution in [0.3, 0.4) is 0 Å². The summed E-state index contributed by atoms with van der Waals surface area (Å²) in [5, 5.41) is 27.6. The molecule has 0 radical (unpaired) electrons. The van der Waals surface area contributed by atoms with E-state index >= 15 is 4.79 Å². The first-order valence-corrected chi connectivity index (χ1v) is 31.1. The number of aryl methyl sites for hydroxylation is 1. The van der Waals surface area contributed by atoms with E-state index in [0.717, 1.165) is 5.56 Å². The number of thioether (sulfide) groups is 1.